The summed E-state index contributed by atoms with van der Waals surface area (Å²) < 4.78 is 5.15. The molecule has 28 heavy (non-hydrogen) atoms. The van der Waals surface area contributed by atoms with E-state index >= 15 is 0 Å². The van der Waals surface area contributed by atoms with Gasteiger partial charge >= 0.3 is 11.9 Å². The zero-order valence-electron chi connectivity index (χ0n) is 14.6. The van der Waals surface area contributed by atoms with Gasteiger partial charge in [-0.2, -0.15) is 10.5 Å². The van der Waals surface area contributed by atoms with Crippen LogP contribution in [0.4, 0.5) is 0 Å². The molecule has 3 rings (SSSR count). The number of carbonyl (C=O) groups is 2. The minimum atomic E-state index is -0.977. The van der Waals surface area contributed by atoms with Crippen LogP contribution in [0.25, 0.3) is 0 Å². The number of carbonyl (C=O) groups excluding carboxylic acids is 1. The smallest absolute Gasteiger partial charge is 0.343 e. The molecule has 6 nitrogen and oxygen atoms in total. The summed E-state index contributed by atoms with van der Waals surface area (Å²) in [5, 5.41) is 25.5. The molecule has 6 heteroatoms. The van der Waals surface area contributed by atoms with Crippen molar-refractivity contribution < 1.29 is 19.4 Å². The fourth-order valence-corrected chi connectivity index (χ4v) is 2.02. The summed E-state index contributed by atoms with van der Waals surface area (Å²) in [5.41, 5.74) is 1.60. The Hall–Kier alpha value is -4.42. The Balaban J connectivity index is 0.000000221. The van der Waals surface area contributed by atoms with Crippen LogP contribution in [0.1, 0.15) is 31.8 Å². The number of carboxylic acids is 1. The quantitative estimate of drug-likeness (QED) is 0.550. The second-order valence-corrected chi connectivity index (χ2v) is 5.39. The highest BCUT2D eigenvalue weighted by Gasteiger charge is 2.07. The van der Waals surface area contributed by atoms with Gasteiger partial charge in [0.05, 0.1) is 34.4 Å². The molecule has 0 saturated heterocycles. The highest BCUT2D eigenvalue weighted by Crippen LogP contribution is 2.12. The number of para-hydroxylation sites is 1. The summed E-state index contributed by atoms with van der Waals surface area (Å²) >= 11 is 0. The zero-order valence-corrected chi connectivity index (χ0v) is 14.6. The van der Waals surface area contributed by atoms with Crippen LogP contribution in [0.15, 0.2) is 78.9 Å². The third-order valence-electron chi connectivity index (χ3n) is 3.46. The number of benzene rings is 3. The lowest BCUT2D eigenvalue weighted by atomic mass is 10.1. The van der Waals surface area contributed by atoms with Crippen LogP contribution >= 0.6 is 0 Å². The standard InChI is InChI=1S/C14H9NO2.C8H5NO2/c15-10-11-6-8-12(9-7-11)14(16)17-13-4-2-1-3-5-13;9-5-6-1-3-7(4-2-6)8(10)11/h1-9H;1-4H,(H,10,11). The number of esters is 1. The van der Waals surface area contributed by atoms with Crippen LogP contribution in [-0.4, -0.2) is 17.0 Å². The number of carboxylic acid groups (broad SMARTS) is 1. The minimum absolute atomic E-state index is 0.198. The summed E-state index contributed by atoms with van der Waals surface area (Å²) in [4.78, 5) is 22.0. The Bertz CT molecular complexity index is 1030. The zero-order chi connectivity index (χ0) is 20.4. The van der Waals surface area contributed by atoms with Gasteiger partial charge in [0, 0.05) is 0 Å². The molecule has 3 aromatic carbocycles. The van der Waals surface area contributed by atoms with Gasteiger partial charge in [0.1, 0.15) is 5.75 Å². The Labute approximate surface area is 161 Å². The Morgan fingerprint density at radius 1 is 0.714 bits per heavy atom. The van der Waals surface area contributed by atoms with Gasteiger partial charge in [-0.25, -0.2) is 9.59 Å². The van der Waals surface area contributed by atoms with Gasteiger partial charge in [-0.15, -0.1) is 0 Å². The SMILES string of the molecule is N#Cc1ccc(C(=O)O)cc1.N#Cc1ccc(C(=O)Oc2ccccc2)cc1. The fourth-order valence-electron chi connectivity index (χ4n) is 2.02. The molecule has 0 aliphatic heterocycles. The molecule has 0 unspecified atom stereocenters. The van der Waals surface area contributed by atoms with Crippen LogP contribution in [0.5, 0.6) is 5.75 Å². The van der Waals surface area contributed by atoms with Crippen molar-refractivity contribution in [2.45, 2.75) is 0 Å². The number of ether oxygens (including phenoxy) is 1. The van der Waals surface area contributed by atoms with Crippen LogP contribution in [0, 0.1) is 22.7 Å². The average Bonchev–Trinajstić information content (AvgIpc) is 2.75. The Morgan fingerprint density at radius 2 is 1.18 bits per heavy atom. The molecule has 0 radical (unpaired) electrons. The van der Waals surface area contributed by atoms with Gasteiger partial charge in [-0.1, -0.05) is 18.2 Å². The van der Waals surface area contributed by atoms with Crippen molar-refractivity contribution in [2.75, 3.05) is 0 Å². The van der Waals surface area contributed by atoms with Crippen LogP contribution in [-0.2, 0) is 0 Å². The van der Waals surface area contributed by atoms with E-state index in [0.717, 1.165) is 0 Å². The van der Waals surface area contributed by atoms with Crippen molar-refractivity contribution in [1.29, 1.82) is 10.5 Å². The topological polar surface area (TPSA) is 111 Å². The lowest BCUT2D eigenvalue weighted by Gasteiger charge is -2.03. The first kappa shape index (κ1) is 19.9. The lowest BCUT2D eigenvalue weighted by Crippen LogP contribution is -2.08. The second kappa shape index (κ2) is 9.91. The molecule has 136 valence electrons. The molecule has 0 aliphatic rings. The number of nitrogens with zero attached hydrogens (tertiary/aromatic N) is 2. The number of hydrogen-bond donors (Lipinski definition) is 1. The molecule has 0 aromatic heterocycles. The van der Waals surface area contributed by atoms with E-state index in [1.54, 1.807) is 48.5 Å². The maximum Gasteiger partial charge on any atom is 0.343 e. The van der Waals surface area contributed by atoms with Crippen molar-refractivity contribution in [3.8, 4) is 17.9 Å². The number of rotatable bonds is 3. The van der Waals surface area contributed by atoms with E-state index in [1.165, 1.54) is 24.3 Å². The van der Waals surface area contributed by atoms with E-state index in [-0.39, 0.29) is 5.56 Å². The predicted molar refractivity (Wildman–Crippen MR) is 101 cm³/mol. The number of hydrogen-bond acceptors (Lipinski definition) is 5. The first-order valence-corrected chi connectivity index (χ1v) is 8.04. The minimum Gasteiger partial charge on any atom is -0.478 e. The predicted octanol–water partition coefficient (Wildman–Crippen LogP) is 4.03. The molecular weight excluding hydrogens is 356 g/mol. The first-order chi connectivity index (χ1) is 13.5. The van der Waals surface area contributed by atoms with E-state index < -0.39 is 11.9 Å². The van der Waals surface area contributed by atoms with Crippen molar-refractivity contribution in [3.63, 3.8) is 0 Å². The van der Waals surface area contributed by atoms with Gasteiger partial charge in [-0.3, -0.25) is 0 Å². The third kappa shape index (κ3) is 5.83. The monoisotopic (exact) mass is 370 g/mol. The molecule has 3 aromatic rings. The first-order valence-electron chi connectivity index (χ1n) is 8.04. The summed E-state index contributed by atoms with van der Waals surface area (Å²) in [6, 6.07) is 24.8. The molecule has 0 atom stereocenters. The molecule has 0 bridgehead atoms. The third-order valence-corrected chi connectivity index (χ3v) is 3.46. The van der Waals surface area contributed by atoms with Gasteiger partial charge in [-0.05, 0) is 60.7 Å². The summed E-state index contributed by atoms with van der Waals surface area (Å²) in [5.74, 6) is -0.906. The maximum absolute atomic E-state index is 11.7. The van der Waals surface area contributed by atoms with E-state index in [9.17, 15) is 9.59 Å². The van der Waals surface area contributed by atoms with Gasteiger partial charge < -0.3 is 9.84 Å². The molecular formula is C22H14N2O4. The van der Waals surface area contributed by atoms with Crippen LogP contribution in [0.3, 0.4) is 0 Å². The van der Waals surface area contributed by atoms with Crippen molar-refractivity contribution in [3.05, 3.63) is 101 Å². The van der Waals surface area contributed by atoms with Crippen molar-refractivity contribution >= 4 is 11.9 Å². The summed E-state index contributed by atoms with van der Waals surface area (Å²) in [7, 11) is 0. The fraction of sp³-hybridized carbons (Fsp3) is 0. The van der Waals surface area contributed by atoms with Gasteiger partial charge in [0.15, 0.2) is 0 Å². The average molecular weight is 370 g/mol. The van der Waals surface area contributed by atoms with Crippen molar-refractivity contribution in [1.82, 2.24) is 0 Å². The van der Waals surface area contributed by atoms with Crippen molar-refractivity contribution in [2.24, 2.45) is 0 Å². The number of aromatic carboxylic acids is 1. The van der Waals surface area contributed by atoms with Crippen LogP contribution in [0.2, 0.25) is 0 Å². The summed E-state index contributed by atoms with van der Waals surface area (Å²) in [6.07, 6.45) is 0. The molecule has 0 heterocycles. The normalized spacial score (nSPS) is 9.07. The van der Waals surface area contributed by atoms with E-state index in [0.29, 0.717) is 22.4 Å². The highest BCUT2D eigenvalue weighted by atomic mass is 16.5. The molecule has 0 fully saturated rings. The van der Waals surface area contributed by atoms with Gasteiger partial charge in [0.25, 0.3) is 0 Å². The Kier molecular flexibility index (Phi) is 7.04. The molecule has 0 aliphatic carbocycles. The molecule has 0 spiro atoms. The largest absolute Gasteiger partial charge is 0.478 e. The molecule has 0 amide bonds. The number of nitriles is 2. The lowest BCUT2D eigenvalue weighted by molar-refractivity contribution is 0.0694. The van der Waals surface area contributed by atoms with E-state index in [1.807, 2.05) is 18.2 Å². The summed E-state index contributed by atoms with van der Waals surface area (Å²) in [6.45, 7) is 0. The van der Waals surface area contributed by atoms with E-state index in [4.69, 9.17) is 20.4 Å². The molecule has 1 N–H and O–H groups in total. The second-order valence-electron chi connectivity index (χ2n) is 5.39. The Morgan fingerprint density at radius 3 is 1.61 bits per heavy atom. The maximum atomic E-state index is 11.7. The van der Waals surface area contributed by atoms with Gasteiger partial charge in [0.2, 0.25) is 0 Å². The highest BCUT2D eigenvalue weighted by molar-refractivity contribution is 5.91. The van der Waals surface area contributed by atoms with E-state index in [2.05, 4.69) is 0 Å². The van der Waals surface area contributed by atoms with Crippen LogP contribution < -0.4 is 4.74 Å². The molecule has 0 saturated carbocycles.